The molecular weight excluding hydrogens is 342 g/mol. The van der Waals surface area contributed by atoms with Gasteiger partial charge in [0.1, 0.15) is 5.75 Å². The van der Waals surface area contributed by atoms with Crippen molar-refractivity contribution in [2.24, 2.45) is 7.05 Å². The smallest absolute Gasteiger partial charge is 0.264 e. The molecule has 2 heterocycles. The number of benzene rings is 1. The molecule has 3 rings (SSSR count). The first-order chi connectivity index (χ1) is 12.8. The van der Waals surface area contributed by atoms with Crippen LogP contribution in [-0.4, -0.2) is 40.4 Å². The van der Waals surface area contributed by atoms with Crippen LogP contribution in [0.3, 0.4) is 0 Å². The van der Waals surface area contributed by atoms with Crippen LogP contribution in [0.1, 0.15) is 50.9 Å². The molecule has 1 saturated heterocycles. The molecule has 2 N–H and O–H groups in total. The third-order valence-corrected chi connectivity index (χ3v) is 4.83. The summed E-state index contributed by atoms with van der Waals surface area (Å²) in [6, 6.07) is 7.85. The molecule has 0 bridgehead atoms. The summed E-state index contributed by atoms with van der Waals surface area (Å²) in [5.41, 5.74) is 1.32. The van der Waals surface area contributed by atoms with Gasteiger partial charge in [-0.3, -0.25) is 10.1 Å². The standard InChI is InChI=1S/C20H29N5O2/c1-20(2,3)15-5-7-16(8-6-15)27-13-17(26)22-19-23-18(24-25(19)4)14-9-11-21-12-10-14/h5-8,14,21H,9-13H2,1-4H3,(H,22,23,24,26). The maximum absolute atomic E-state index is 12.2. The molecule has 0 spiro atoms. The van der Waals surface area contributed by atoms with Crippen LogP contribution in [0.4, 0.5) is 5.95 Å². The molecule has 7 nitrogen and oxygen atoms in total. The second-order valence-electron chi connectivity index (χ2n) is 8.05. The Kier molecular flexibility index (Phi) is 5.79. The van der Waals surface area contributed by atoms with Gasteiger partial charge >= 0.3 is 0 Å². The molecule has 7 heteroatoms. The third-order valence-electron chi connectivity index (χ3n) is 4.83. The number of aryl methyl sites for hydroxylation is 1. The summed E-state index contributed by atoms with van der Waals surface area (Å²) < 4.78 is 7.21. The van der Waals surface area contributed by atoms with E-state index in [4.69, 9.17) is 4.74 Å². The van der Waals surface area contributed by atoms with E-state index in [2.05, 4.69) is 41.5 Å². The Morgan fingerprint density at radius 3 is 2.56 bits per heavy atom. The van der Waals surface area contributed by atoms with Crippen molar-refractivity contribution in [2.45, 2.75) is 44.9 Å². The number of piperidine rings is 1. The van der Waals surface area contributed by atoms with Crippen LogP contribution >= 0.6 is 0 Å². The number of carbonyl (C=O) groups is 1. The second-order valence-corrected chi connectivity index (χ2v) is 8.05. The van der Waals surface area contributed by atoms with Gasteiger partial charge < -0.3 is 10.1 Å². The van der Waals surface area contributed by atoms with E-state index in [1.54, 1.807) is 11.7 Å². The number of nitrogens with one attached hydrogen (secondary N) is 2. The van der Waals surface area contributed by atoms with Crippen LogP contribution < -0.4 is 15.4 Å². The van der Waals surface area contributed by atoms with Gasteiger partial charge in [-0.25, -0.2) is 4.68 Å². The highest BCUT2D eigenvalue weighted by atomic mass is 16.5. The SMILES string of the molecule is Cn1nc(C2CCNCC2)nc1NC(=O)COc1ccc(C(C)(C)C)cc1. The zero-order valence-corrected chi connectivity index (χ0v) is 16.6. The van der Waals surface area contributed by atoms with Gasteiger partial charge in [0.05, 0.1) is 0 Å². The Bertz CT molecular complexity index is 771. The molecule has 0 atom stereocenters. The number of ether oxygens (including phenoxy) is 1. The Balaban J connectivity index is 1.54. The summed E-state index contributed by atoms with van der Waals surface area (Å²) in [6.07, 6.45) is 2.04. The predicted octanol–water partition coefficient (Wildman–Crippen LogP) is 2.60. The molecule has 1 aliphatic rings. The normalized spacial score (nSPS) is 15.6. The predicted molar refractivity (Wildman–Crippen MR) is 105 cm³/mol. The summed E-state index contributed by atoms with van der Waals surface area (Å²) in [5, 5.41) is 10.6. The zero-order chi connectivity index (χ0) is 19.4. The van der Waals surface area contributed by atoms with Crippen LogP contribution in [0.5, 0.6) is 5.75 Å². The third kappa shape index (κ3) is 5.07. The van der Waals surface area contributed by atoms with E-state index in [1.165, 1.54) is 5.56 Å². The first-order valence-corrected chi connectivity index (χ1v) is 9.48. The van der Waals surface area contributed by atoms with E-state index in [0.717, 1.165) is 31.8 Å². The van der Waals surface area contributed by atoms with Crippen LogP contribution in [0.25, 0.3) is 0 Å². The average molecular weight is 371 g/mol. The van der Waals surface area contributed by atoms with Gasteiger partial charge in [0.15, 0.2) is 12.4 Å². The fraction of sp³-hybridized carbons (Fsp3) is 0.550. The highest BCUT2D eigenvalue weighted by Crippen LogP contribution is 2.25. The minimum absolute atomic E-state index is 0.0651. The number of nitrogens with zero attached hydrogens (tertiary/aromatic N) is 3. The lowest BCUT2D eigenvalue weighted by Gasteiger charge is -2.19. The monoisotopic (exact) mass is 371 g/mol. The average Bonchev–Trinajstić information content (AvgIpc) is 3.01. The fourth-order valence-corrected chi connectivity index (χ4v) is 3.13. The van der Waals surface area contributed by atoms with Crippen molar-refractivity contribution >= 4 is 11.9 Å². The lowest BCUT2D eigenvalue weighted by atomic mass is 9.87. The summed E-state index contributed by atoms with van der Waals surface area (Å²) >= 11 is 0. The molecule has 0 unspecified atom stereocenters. The molecule has 1 aromatic heterocycles. The Morgan fingerprint density at radius 1 is 1.26 bits per heavy atom. The molecule has 0 saturated carbocycles. The summed E-state index contributed by atoms with van der Waals surface area (Å²) in [6.45, 7) is 8.38. The van der Waals surface area contributed by atoms with Crippen molar-refractivity contribution < 1.29 is 9.53 Å². The molecular formula is C20H29N5O2. The number of anilines is 1. The van der Waals surface area contributed by atoms with E-state index in [-0.39, 0.29) is 17.9 Å². The Hall–Kier alpha value is -2.41. The highest BCUT2D eigenvalue weighted by molar-refractivity contribution is 5.90. The maximum Gasteiger partial charge on any atom is 0.264 e. The molecule has 0 radical (unpaired) electrons. The van der Waals surface area contributed by atoms with E-state index in [0.29, 0.717) is 17.6 Å². The van der Waals surface area contributed by atoms with Crippen LogP contribution in [0, 0.1) is 0 Å². The largest absolute Gasteiger partial charge is 0.484 e. The van der Waals surface area contributed by atoms with E-state index >= 15 is 0 Å². The van der Waals surface area contributed by atoms with Crippen molar-refractivity contribution in [3.05, 3.63) is 35.7 Å². The Morgan fingerprint density at radius 2 is 1.93 bits per heavy atom. The van der Waals surface area contributed by atoms with Gasteiger partial charge in [0.2, 0.25) is 5.95 Å². The van der Waals surface area contributed by atoms with Crippen molar-refractivity contribution in [2.75, 3.05) is 25.0 Å². The van der Waals surface area contributed by atoms with E-state index in [1.807, 2.05) is 24.3 Å². The number of hydrogen-bond acceptors (Lipinski definition) is 5. The molecule has 1 amide bonds. The molecule has 1 fully saturated rings. The van der Waals surface area contributed by atoms with Gasteiger partial charge in [-0.2, -0.15) is 10.1 Å². The second kappa shape index (κ2) is 8.08. The van der Waals surface area contributed by atoms with E-state index < -0.39 is 0 Å². The molecule has 1 aromatic carbocycles. The quantitative estimate of drug-likeness (QED) is 0.844. The maximum atomic E-state index is 12.2. The van der Waals surface area contributed by atoms with Crippen molar-refractivity contribution in [3.8, 4) is 5.75 Å². The summed E-state index contributed by atoms with van der Waals surface area (Å²) in [7, 11) is 1.79. The van der Waals surface area contributed by atoms with Crippen LogP contribution in [-0.2, 0) is 17.3 Å². The lowest BCUT2D eigenvalue weighted by Crippen LogP contribution is -2.27. The molecule has 146 valence electrons. The van der Waals surface area contributed by atoms with Gasteiger partial charge in [-0.15, -0.1) is 0 Å². The van der Waals surface area contributed by atoms with E-state index in [9.17, 15) is 4.79 Å². The number of amides is 1. The first-order valence-electron chi connectivity index (χ1n) is 9.48. The molecule has 1 aliphatic heterocycles. The molecule has 0 aliphatic carbocycles. The summed E-state index contributed by atoms with van der Waals surface area (Å²) in [5.74, 6) is 2.03. The Labute approximate surface area is 160 Å². The number of rotatable bonds is 5. The van der Waals surface area contributed by atoms with Crippen molar-refractivity contribution in [3.63, 3.8) is 0 Å². The zero-order valence-electron chi connectivity index (χ0n) is 16.6. The van der Waals surface area contributed by atoms with Gasteiger partial charge in [0.25, 0.3) is 5.91 Å². The van der Waals surface area contributed by atoms with Gasteiger partial charge in [-0.1, -0.05) is 32.9 Å². The minimum atomic E-state index is -0.248. The molecule has 27 heavy (non-hydrogen) atoms. The van der Waals surface area contributed by atoms with Gasteiger partial charge in [-0.05, 0) is 49.0 Å². The topological polar surface area (TPSA) is 81.1 Å². The van der Waals surface area contributed by atoms with Gasteiger partial charge in [0, 0.05) is 13.0 Å². The number of hydrogen-bond donors (Lipinski definition) is 2. The van der Waals surface area contributed by atoms with Crippen molar-refractivity contribution in [1.82, 2.24) is 20.1 Å². The number of aromatic nitrogens is 3. The highest BCUT2D eigenvalue weighted by Gasteiger charge is 2.21. The van der Waals surface area contributed by atoms with Crippen molar-refractivity contribution in [1.29, 1.82) is 0 Å². The molecule has 2 aromatic rings. The lowest BCUT2D eigenvalue weighted by molar-refractivity contribution is -0.118. The number of carbonyl (C=O) groups excluding carboxylic acids is 1. The van der Waals surface area contributed by atoms with Crippen LogP contribution in [0.2, 0.25) is 0 Å². The fourth-order valence-electron chi connectivity index (χ4n) is 3.13. The minimum Gasteiger partial charge on any atom is -0.484 e. The summed E-state index contributed by atoms with van der Waals surface area (Å²) in [4.78, 5) is 16.7. The van der Waals surface area contributed by atoms with Crippen LogP contribution in [0.15, 0.2) is 24.3 Å². The first kappa shape index (κ1) is 19.4.